The highest BCUT2D eigenvalue weighted by atomic mass is 32.1. The van der Waals surface area contributed by atoms with E-state index in [1.807, 2.05) is 0 Å². The molecule has 18 heavy (non-hydrogen) atoms. The van der Waals surface area contributed by atoms with Gasteiger partial charge in [0.1, 0.15) is 0 Å². The first-order valence-corrected chi connectivity index (χ1v) is 6.69. The lowest BCUT2D eigenvalue weighted by molar-refractivity contribution is -0.125. The molecule has 3 N–H and O–H groups in total. The number of ether oxygens (including phenoxy) is 2. The summed E-state index contributed by atoms with van der Waals surface area (Å²) in [7, 11) is 0. The predicted octanol–water partition coefficient (Wildman–Crippen LogP) is -0.303. The van der Waals surface area contributed by atoms with E-state index in [1.165, 1.54) is 0 Å². The number of carbonyl (C=O) groups excluding carboxylic acids is 1. The average molecular weight is 273 g/mol. The molecule has 6 nitrogen and oxygen atoms in total. The topological polar surface area (TPSA) is 71.6 Å². The molecule has 2 aliphatic rings. The number of hydrogen-bond acceptors (Lipinski definition) is 4. The first-order chi connectivity index (χ1) is 8.75. The fourth-order valence-corrected chi connectivity index (χ4v) is 2.15. The van der Waals surface area contributed by atoms with Crippen molar-refractivity contribution in [2.24, 2.45) is 5.92 Å². The van der Waals surface area contributed by atoms with Gasteiger partial charge in [-0.05, 0) is 31.5 Å². The Labute approximate surface area is 112 Å². The van der Waals surface area contributed by atoms with Gasteiger partial charge in [0.2, 0.25) is 5.91 Å². The van der Waals surface area contributed by atoms with Gasteiger partial charge in [0, 0.05) is 19.8 Å². The van der Waals surface area contributed by atoms with Gasteiger partial charge in [0.15, 0.2) is 5.11 Å². The van der Waals surface area contributed by atoms with E-state index < -0.39 is 0 Å². The second-order valence-electron chi connectivity index (χ2n) is 4.52. The van der Waals surface area contributed by atoms with Crippen LogP contribution in [-0.2, 0) is 14.3 Å². The smallest absolute Gasteiger partial charge is 0.243 e. The minimum atomic E-state index is -0.0752. The van der Waals surface area contributed by atoms with Crippen LogP contribution in [0.4, 0.5) is 0 Å². The maximum absolute atomic E-state index is 11.6. The Hall–Kier alpha value is -0.920. The summed E-state index contributed by atoms with van der Waals surface area (Å²) in [5, 5.41) is 3.43. The SMILES string of the molecule is O=C(NNC(=S)NCC1CCCO1)C1CCOC1. The largest absolute Gasteiger partial charge is 0.381 e. The molecule has 0 aromatic rings. The zero-order valence-corrected chi connectivity index (χ0v) is 11.1. The summed E-state index contributed by atoms with van der Waals surface area (Å²) in [6.07, 6.45) is 3.15. The highest BCUT2D eigenvalue weighted by Gasteiger charge is 2.23. The van der Waals surface area contributed by atoms with Crippen LogP contribution in [0.25, 0.3) is 0 Å². The van der Waals surface area contributed by atoms with E-state index in [0.717, 1.165) is 25.9 Å². The van der Waals surface area contributed by atoms with Crippen molar-refractivity contribution in [3.63, 3.8) is 0 Å². The van der Waals surface area contributed by atoms with Crippen molar-refractivity contribution in [3.8, 4) is 0 Å². The van der Waals surface area contributed by atoms with Crippen LogP contribution in [0.15, 0.2) is 0 Å². The lowest BCUT2D eigenvalue weighted by atomic mass is 10.1. The zero-order valence-electron chi connectivity index (χ0n) is 10.2. The van der Waals surface area contributed by atoms with Crippen molar-refractivity contribution in [2.75, 3.05) is 26.4 Å². The number of amides is 1. The average Bonchev–Trinajstić information content (AvgIpc) is 3.05. The number of hydrogen-bond donors (Lipinski definition) is 3. The number of rotatable bonds is 3. The molecule has 0 radical (unpaired) electrons. The van der Waals surface area contributed by atoms with Crippen LogP contribution in [0.5, 0.6) is 0 Å². The van der Waals surface area contributed by atoms with Crippen molar-refractivity contribution >= 4 is 23.2 Å². The Morgan fingerprint density at radius 2 is 2.17 bits per heavy atom. The highest BCUT2D eigenvalue weighted by Crippen LogP contribution is 2.11. The van der Waals surface area contributed by atoms with E-state index in [9.17, 15) is 4.79 Å². The number of thiocarbonyl (C=S) groups is 1. The molecular weight excluding hydrogens is 254 g/mol. The summed E-state index contributed by atoms with van der Waals surface area (Å²) in [5.74, 6) is -0.146. The van der Waals surface area contributed by atoms with Gasteiger partial charge < -0.3 is 14.8 Å². The molecule has 0 aliphatic carbocycles. The van der Waals surface area contributed by atoms with Gasteiger partial charge in [-0.3, -0.25) is 15.6 Å². The first kappa shape index (κ1) is 13.5. The van der Waals surface area contributed by atoms with Crippen LogP contribution in [0, 0.1) is 5.92 Å². The molecule has 0 saturated carbocycles. The maximum atomic E-state index is 11.6. The second-order valence-corrected chi connectivity index (χ2v) is 4.93. The molecule has 2 atom stereocenters. The Bertz CT molecular complexity index is 302. The molecule has 2 unspecified atom stereocenters. The summed E-state index contributed by atoms with van der Waals surface area (Å²) in [5.41, 5.74) is 5.28. The van der Waals surface area contributed by atoms with Crippen molar-refractivity contribution in [2.45, 2.75) is 25.4 Å². The van der Waals surface area contributed by atoms with Crippen molar-refractivity contribution in [3.05, 3.63) is 0 Å². The van der Waals surface area contributed by atoms with E-state index in [4.69, 9.17) is 21.7 Å². The van der Waals surface area contributed by atoms with Crippen molar-refractivity contribution in [1.82, 2.24) is 16.2 Å². The van der Waals surface area contributed by atoms with Crippen LogP contribution >= 0.6 is 12.2 Å². The van der Waals surface area contributed by atoms with Gasteiger partial charge in [-0.15, -0.1) is 0 Å². The number of nitrogens with one attached hydrogen (secondary N) is 3. The van der Waals surface area contributed by atoms with E-state index in [-0.39, 0.29) is 17.9 Å². The summed E-state index contributed by atoms with van der Waals surface area (Å²) in [6.45, 7) is 2.64. The highest BCUT2D eigenvalue weighted by molar-refractivity contribution is 7.80. The van der Waals surface area contributed by atoms with Crippen LogP contribution in [0.3, 0.4) is 0 Å². The van der Waals surface area contributed by atoms with E-state index in [2.05, 4.69) is 16.2 Å². The molecule has 0 bridgehead atoms. The number of hydrazine groups is 1. The Morgan fingerprint density at radius 1 is 1.28 bits per heavy atom. The quantitative estimate of drug-likeness (QED) is 0.484. The van der Waals surface area contributed by atoms with E-state index in [0.29, 0.717) is 24.9 Å². The molecule has 2 fully saturated rings. The normalized spacial score (nSPS) is 26.9. The molecule has 2 aliphatic heterocycles. The monoisotopic (exact) mass is 273 g/mol. The van der Waals surface area contributed by atoms with Gasteiger partial charge >= 0.3 is 0 Å². The third kappa shape index (κ3) is 4.08. The standard InChI is InChI=1S/C11H19N3O3S/c15-10(8-3-5-16-7-8)13-14-11(18)12-6-9-2-1-4-17-9/h8-9H,1-7H2,(H,13,15)(H2,12,14,18). The second kappa shape index (κ2) is 6.86. The molecule has 2 rings (SSSR count). The Morgan fingerprint density at radius 3 is 2.83 bits per heavy atom. The molecule has 0 aromatic carbocycles. The summed E-state index contributed by atoms with van der Waals surface area (Å²) >= 11 is 5.06. The lowest BCUT2D eigenvalue weighted by Gasteiger charge is -2.15. The van der Waals surface area contributed by atoms with E-state index in [1.54, 1.807) is 0 Å². The summed E-state index contributed by atoms with van der Waals surface area (Å²) in [4.78, 5) is 11.6. The van der Waals surface area contributed by atoms with Crippen LogP contribution in [0.2, 0.25) is 0 Å². The molecule has 7 heteroatoms. The minimum Gasteiger partial charge on any atom is -0.381 e. The minimum absolute atomic E-state index is 0.0709. The van der Waals surface area contributed by atoms with Crippen LogP contribution in [-0.4, -0.2) is 43.5 Å². The first-order valence-electron chi connectivity index (χ1n) is 6.29. The molecule has 102 valence electrons. The summed E-state index contributed by atoms with van der Waals surface area (Å²) < 4.78 is 10.6. The zero-order chi connectivity index (χ0) is 12.8. The van der Waals surface area contributed by atoms with Gasteiger partial charge in [-0.1, -0.05) is 0 Å². The maximum Gasteiger partial charge on any atom is 0.243 e. The molecule has 0 spiro atoms. The van der Waals surface area contributed by atoms with E-state index >= 15 is 0 Å². The lowest BCUT2D eigenvalue weighted by Crippen LogP contribution is -2.50. The van der Waals surface area contributed by atoms with Gasteiger partial charge in [-0.25, -0.2) is 0 Å². The van der Waals surface area contributed by atoms with Gasteiger partial charge in [-0.2, -0.15) is 0 Å². The summed E-state index contributed by atoms with van der Waals surface area (Å²) in [6, 6.07) is 0. The van der Waals surface area contributed by atoms with Crippen molar-refractivity contribution < 1.29 is 14.3 Å². The van der Waals surface area contributed by atoms with Crippen molar-refractivity contribution in [1.29, 1.82) is 0 Å². The molecule has 2 heterocycles. The van der Waals surface area contributed by atoms with Crippen LogP contribution < -0.4 is 16.2 Å². The molecule has 1 amide bonds. The number of carbonyl (C=O) groups is 1. The molecule has 2 saturated heterocycles. The third-order valence-corrected chi connectivity index (χ3v) is 3.36. The molecular formula is C11H19N3O3S. The Balaban J connectivity index is 1.57. The fourth-order valence-electron chi connectivity index (χ4n) is 2.02. The van der Waals surface area contributed by atoms with Gasteiger partial charge in [0.25, 0.3) is 0 Å². The fraction of sp³-hybridized carbons (Fsp3) is 0.818. The molecule has 0 aromatic heterocycles. The predicted molar refractivity (Wildman–Crippen MR) is 69.8 cm³/mol. The van der Waals surface area contributed by atoms with Crippen LogP contribution in [0.1, 0.15) is 19.3 Å². The Kier molecular flexibility index (Phi) is 5.15. The third-order valence-electron chi connectivity index (χ3n) is 3.11. The van der Waals surface area contributed by atoms with Gasteiger partial charge in [0.05, 0.1) is 18.6 Å².